The third kappa shape index (κ3) is 5.08. The predicted molar refractivity (Wildman–Crippen MR) is 248 cm³/mol. The van der Waals surface area contributed by atoms with Gasteiger partial charge in [0.25, 0.3) is 6.71 Å². The van der Waals surface area contributed by atoms with Crippen molar-refractivity contribution in [3.8, 4) is 39.8 Å². The summed E-state index contributed by atoms with van der Waals surface area (Å²) < 4.78 is 15.7. The van der Waals surface area contributed by atoms with Crippen molar-refractivity contribution in [2.24, 2.45) is 0 Å². The fourth-order valence-corrected chi connectivity index (χ4v) is 14.7. The molecular formula is C54H36BNO2Si. The maximum Gasteiger partial charge on any atom is 0.260 e. The highest BCUT2D eigenvalue weighted by atomic mass is 28.3. The summed E-state index contributed by atoms with van der Waals surface area (Å²) in [4.78, 5) is 0. The maximum absolute atomic E-state index is 6.84. The molecule has 2 aliphatic rings. The number of para-hydroxylation sites is 3. The number of hydrogen-bond acceptors (Lipinski definition) is 2. The van der Waals surface area contributed by atoms with Gasteiger partial charge in [-0.2, -0.15) is 0 Å². The highest BCUT2D eigenvalue weighted by molar-refractivity contribution is 7.20. The summed E-state index contributed by atoms with van der Waals surface area (Å²) >= 11 is 0. The number of benzene rings is 9. The predicted octanol–water partition coefficient (Wildman–Crippen LogP) is 8.56. The molecule has 1 aromatic heterocycles. The van der Waals surface area contributed by atoms with Crippen LogP contribution in [0, 0.1) is 0 Å². The molecule has 0 saturated heterocycles. The second-order valence-corrected chi connectivity index (χ2v) is 19.4. The van der Waals surface area contributed by atoms with Crippen molar-refractivity contribution in [2.75, 3.05) is 0 Å². The Hall–Kier alpha value is -7.34. The molecular weight excluding hydrogens is 733 g/mol. The van der Waals surface area contributed by atoms with E-state index in [1.807, 2.05) is 18.2 Å². The zero-order valence-electron chi connectivity index (χ0n) is 32.1. The van der Waals surface area contributed by atoms with Crippen LogP contribution in [0.1, 0.15) is 0 Å². The van der Waals surface area contributed by atoms with Gasteiger partial charge in [0, 0.05) is 21.8 Å². The third-order valence-corrected chi connectivity index (χ3v) is 17.3. The van der Waals surface area contributed by atoms with E-state index in [4.69, 9.17) is 9.47 Å². The van der Waals surface area contributed by atoms with Gasteiger partial charge < -0.3 is 14.0 Å². The molecule has 12 rings (SSSR count). The Morgan fingerprint density at radius 3 is 1.51 bits per heavy atom. The molecule has 0 spiro atoms. The van der Waals surface area contributed by atoms with Crippen LogP contribution in [0.2, 0.25) is 0 Å². The van der Waals surface area contributed by atoms with E-state index in [1.54, 1.807) is 0 Å². The summed E-state index contributed by atoms with van der Waals surface area (Å²) in [6.45, 7) is 0.0115. The minimum absolute atomic E-state index is 0.0115. The Kier molecular flexibility index (Phi) is 7.65. The fraction of sp³-hybridized carbons (Fsp3) is 0. The lowest BCUT2D eigenvalue weighted by molar-refractivity contribution is 0.464. The monoisotopic (exact) mass is 769 g/mol. The fourth-order valence-electron chi connectivity index (χ4n) is 9.98. The Morgan fingerprint density at radius 1 is 0.373 bits per heavy atom. The van der Waals surface area contributed by atoms with Crippen molar-refractivity contribution < 1.29 is 9.47 Å². The number of ether oxygens (including phenoxy) is 2. The van der Waals surface area contributed by atoms with E-state index < -0.39 is 8.07 Å². The lowest BCUT2D eigenvalue weighted by atomic mass is 9.35. The van der Waals surface area contributed by atoms with Gasteiger partial charge in [-0.3, -0.25) is 0 Å². The number of hydrogen-bond donors (Lipinski definition) is 0. The van der Waals surface area contributed by atoms with Gasteiger partial charge in [0.15, 0.2) is 8.07 Å². The minimum Gasteiger partial charge on any atom is -0.458 e. The lowest BCUT2D eigenvalue weighted by Gasteiger charge is -2.35. The molecule has 3 heterocycles. The molecule has 10 aromatic rings. The van der Waals surface area contributed by atoms with E-state index in [0.717, 1.165) is 56.2 Å². The minimum atomic E-state index is -2.86. The normalized spacial score (nSPS) is 12.6. The van der Waals surface area contributed by atoms with Crippen LogP contribution in [0.3, 0.4) is 0 Å². The number of aromatic nitrogens is 1. The first-order chi connectivity index (χ1) is 29.3. The average Bonchev–Trinajstić information content (AvgIpc) is 3.64. The van der Waals surface area contributed by atoms with Crippen LogP contribution in [0.15, 0.2) is 218 Å². The van der Waals surface area contributed by atoms with Gasteiger partial charge in [-0.05, 0) is 79.7 Å². The first kappa shape index (κ1) is 33.8. The summed E-state index contributed by atoms with van der Waals surface area (Å²) in [5.41, 5.74) is 9.10. The molecule has 5 heteroatoms. The van der Waals surface area contributed by atoms with Crippen LogP contribution in [0.25, 0.3) is 38.6 Å². The second kappa shape index (κ2) is 13.4. The Bertz CT molecular complexity index is 3090. The van der Waals surface area contributed by atoms with Crippen molar-refractivity contribution in [3.05, 3.63) is 218 Å². The molecule has 3 nitrogen and oxygen atoms in total. The molecule has 0 aliphatic carbocycles. The molecule has 0 fully saturated rings. The van der Waals surface area contributed by atoms with Gasteiger partial charge in [0.2, 0.25) is 0 Å². The summed E-state index contributed by atoms with van der Waals surface area (Å²) in [5.74, 6) is 3.46. The quantitative estimate of drug-likeness (QED) is 0.125. The molecule has 9 aromatic carbocycles. The summed E-state index contributed by atoms with van der Waals surface area (Å²) in [7, 11) is -2.86. The molecule has 0 amide bonds. The topological polar surface area (TPSA) is 23.4 Å². The summed E-state index contributed by atoms with van der Waals surface area (Å²) in [6, 6.07) is 79.8. The van der Waals surface area contributed by atoms with Crippen LogP contribution in [0.4, 0.5) is 0 Å². The summed E-state index contributed by atoms with van der Waals surface area (Å²) in [5, 5.41) is 7.81. The number of fused-ring (bicyclic) bond motifs is 7. The van der Waals surface area contributed by atoms with E-state index in [1.165, 1.54) is 42.6 Å². The van der Waals surface area contributed by atoms with Crippen molar-refractivity contribution in [1.29, 1.82) is 0 Å². The Morgan fingerprint density at radius 2 is 0.881 bits per heavy atom. The molecule has 59 heavy (non-hydrogen) atoms. The molecule has 0 radical (unpaired) electrons. The maximum atomic E-state index is 6.84. The van der Waals surface area contributed by atoms with Gasteiger partial charge in [-0.1, -0.05) is 176 Å². The lowest BCUT2D eigenvalue weighted by Crippen LogP contribution is -2.74. The van der Waals surface area contributed by atoms with Gasteiger partial charge in [-0.15, -0.1) is 0 Å². The first-order valence-corrected chi connectivity index (χ1v) is 22.3. The van der Waals surface area contributed by atoms with Crippen molar-refractivity contribution >= 4 is 73.7 Å². The van der Waals surface area contributed by atoms with Crippen molar-refractivity contribution in [1.82, 2.24) is 4.57 Å². The van der Waals surface area contributed by atoms with E-state index >= 15 is 0 Å². The molecule has 0 unspecified atom stereocenters. The van der Waals surface area contributed by atoms with Crippen LogP contribution in [-0.4, -0.2) is 19.4 Å². The molecule has 0 N–H and O–H groups in total. The average molecular weight is 770 g/mol. The van der Waals surface area contributed by atoms with E-state index in [9.17, 15) is 0 Å². The molecule has 0 atom stereocenters. The van der Waals surface area contributed by atoms with Crippen LogP contribution >= 0.6 is 0 Å². The molecule has 0 saturated carbocycles. The molecule has 276 valence electrons. The van der Waals surface area contributed by atoms with Crippen molar-refractivity contribution in [2.45, 2.75) is 0 Å². The zero-order chi connectivity index (χ0) is 38.9. The van der Waals surface area contributed by atoms with E-state index in [0.29, 0.717) is 0 Å². The molecule has 0 bridgehead atoms. The Labute approximate surface area is 344 Å². The smallest absolute Gasteiger partial charge is 0.260 e. The zero-order valence-corrected chi connectivity index (χ0v) is 33.1. The van der Waals surface area contributed by atoms with Crippen LogP contribution < -0.4 is 46.6 Å². The second-order valence-electron chi connectivity index (χ2n) is 15.5. The van der Waals surface area contributed by atoms with E-state index in [-0.39, 0.29) is 6.71 Å². The Balaban J connectivity index is 1.15. The SMILES string of the molecule is c1ccc([Si](c2ccccc2)(c2ccccc2)c2ccc(-c3ccc4c(c3)Oc3cccc5c3B4c3ccccc3O5)c(-n3c4ccccc4c4ccccc43)c2)cc1. The van der Waals surface area contributed by atoms with Gasteiger partial charge in [0.05, 0.1) is 16.7 Å². The third-order valence-electron chi connectivity index (χ3n) is 12.5. The standard InChI is InChI=1S/C54H36BNO2Si/c1-4-17-38(18-5-1)59(39-19-6-2-7-20-39,40-21-8-3-9-22-40)41-32-33-42(49(36-41)56-47-26-13-10-23-43(47)44-24-11-14-27-48(44)56)37-31-34-46-53(35-37)58-52-30-16-29-51-54(52)55(46)45-25-12-15-28-50(45)57-51/h1-36H. The highest BCUT2D eigenvalue weighted by Crippen LogP contribution is 2.39. The summed E-state index contributed by atoms with van der Waals surface area (Å²) in [6.07, 6.45) is 0. The van der Waals surface area contributed by atoms with Crippen LogP contribution in [0.5, 0.6) is 23.0 Å². The largest absolute Gasteiger partial charge is 0.458 e. The number of rotatable bonds is 6. The number of nitrogens with zero attached hydrogens (tertiary/aromatic N) is 1. The van der Waals surface area contributed by atoms with Crippen LogP contribution in [-0.2, 0) is 0 Å². The van der Waals surface area contributed by atoms with E-state index in [2.05, 4.69) is 205 Å². The van der Waals surface area contributed by atoms with Crippen molar-refractivity contribution in [3.63, 3.8) is 0 Å². The van der Waals surface area contributed by atoms with Gasteiger partial charge in [0.1, 0.15) is 23.0 Å². The molecule has 2 aliphatic heterocycles. The van der Waals surface area contributed by atoms with Gasteiger partial charge >= 0.3 is 0 Å². The highest BCUT2D eigenvalue weighted by Gasteiger charge is 2.43. The first-order valence-electron chi connectivity index (χ1n) is 20.3. The van der Waals surface area contributed by atoms with Gasteiger partial charge in [-0.25, -0.2) is 0 Å².